The summed E-state index contributed by atoms with van der Waals surface area (Å²) in [6.07, 6.45) is 3.97. The lowest BCUT2D eigenvalue weighted by molar-refractivity contribution is -0.116. The van der Waals surface area contributed by atoms with Crippen molar-refractivity contribution in [2.24, 2.45) is 0 Å². The van der Waals surface area contributed by atoms with Gasteiger partial charge in [-0.25, -0.2) is 0 Å². The van der Waals surface area contributed by atoms with Crippen LogP contribution in [0.5, 0.6) is 0 Å². The van der Waals surface area contributed by atoms with Crippen molar-refractivity contribution in [3.8, 4) is 11.1 Å². The Labute approximate surface area is 131 Å². The molecule has 2 aromatic rings. The van der Waals surface area contributed by atoms with Gasteiger partial charge in [0.15, 0.2) is 0 Å². The highest BCUT2D eigenvalue weighted by Gasteiger charge is 2.22. The third-order valence-corrected chi connectivity index (χ3v) is 4.65. The molecule has 4 rings (SSSR count). The van der Waals surface area contributed by atoms with Crippen molar-refractivity contribution in [3.63, 3.8) is 0 Å². The van der Waals surface area contributed by atoms with Crippen LogP contribution >= 0.6 is 0 Å². The molecule has 1 N–H and O–H groups in total. The topological polar surface area (TPSA) is 32.3 Å². The third-order valence-electron chi connectivity index (χ3n) is 4.65. The highest BCUT2D eigenvalue weighted by molar-refractivity contribution is 5.99. The molecule has 2 aliphatic heterocycles. The Morgan fingerprint density at radius 2 is 1.73 bits per heavy atom. The zero-order chi connectivity index (χ0) is 14.9. The smallest absolute Gasteiger partial charge is 0.224 e. The number of benzene rings is 2. The van der Waals surface area contributed by atoms with Gasteiger partial charge in [0.25, 0.3) is 0 Å². The number of nitrogens with zero attached hydrogens (tertiary/aromatic N) is 1. The molecular weight excluding hydrogens is 272 g/mol. The zero-order valence-electron chi connectivity index (χ0n) is 12.6. The molecule has 0 unspecified atom stereocenters. The maximum atomic E-state index is 11.8. The van der Waals surface area contributed by atoms with Crippen LogP contribution in [0.15, 0.2) is 42.5 Å². The molecule has 0 spiro atoms. The van der Waals surface area contributed by atoms with Gasteiger partial charge in [-0.1, -0.05) is 30.3 Å². The summed E-state index contributed by atoms with van der Waals surface area (Å²) in [4.78, 5) is 14.3. The number of hydrogen-bond acceptors (Lipinski definition) is 2. The van der Waals surface area contributed by atoms with Crippen LogP contribution in [-0.2, 0) is 11.2 Å². The summed E-state index contributed by atoms with van der Waals surface area (Å²) in [5, 5.41) is 3.09. The highest BCUT2D eigenvalue weighted by atomic mass is 16.1. The van der Waals surface area contributed by atoms with Crippen LogP contribution in [0, 0.1) is 0 Å². The fourth-order valence-corrected chi connectivity index (χ4v) is 3.48. The first-order chi connectivity index (χ1) is 10.8. The van der Waals surface area contributed by atoms with Crippen molar-refractivity contribution >= 4 is 17.3 Å². The van der Waals surface area contributed by atoms with E-state index >= 15 is 0 Å². The normalized spacial score (nSPS) is 17.3. The van der Waals surface area contributed by atoms with E-state index in [4.69, 9.17) is 0 Å². The van der Waals surface area contributed by atoms with Gasteiger partial charge < -0.3 is 10.2 Å². The summed E-state index contributed by atoms with van der Waals surface area (Å²) in [6.45, 7) is 2.28. The number of nitrogens with one attached hydrogen (secondary N) is 1. The van der Waals surface area contributed by atoms with Crippen LogP contribution in [0.3, 0.4) is 0 Å². The van der Waals surface area contributed by atoms with Crippen LogP contribution in [0.4, 0.5) is 11.4 Å². The molecule has 0 aliphatic carbocycles. The van der Waals surface area contributed by atoms with Gasteiger partial charge >= 0.3 is 0 Å². The second-order valence-electron chi connectivity index (χ2n) is 6.14. The molecule has 0 atom stereocenters. The average Bonchev–Trinajstić information content (AvgIpc) is 3.09. The van der Waals surface area contributed by atoms with Crippen molar-refractivity contribution in [1.29, 1.82) is 0 Å². The number of hydrogen-bond donors (Lipinski definition) is 1. The summed E-state index contributed by atoms with van der Waals surface area (Å²) in [6, 6.07) is 14.9. The largest absolute Gasteiger partial charge is 0.372 e. The number of fused-ring (bicyclic) bond motifs is 1. The van der Waals surface area contributed by atoms with Crippen LogP contribution < -0.4 is 10.2 Å². The van der Waals surface area contributed by atoms with Gasteiger partial charge in [0, 0.05) is 30.8 Å². The molecule has 0 saturated carbocycles. The summed E-state index contributed by atoms with van der Waals surface area (Å²) < 4.78 is 0. The molecule has 0 aromatic heterocycles. The number of aryl methyl sites for hydroxylation is 1. The minimum absolute atomic E-state index is 0.124. The van der Waals surface area contributed by atoms with Crippen molar-refractivity contribution in [2.75, 3.05) is 23.3 Å². The summed E-state index contributed by atoms with van der Waals surface area (Å²) in [5.74, 6) is 0.124. The predicted octanol–water partition coefficient (Wildman–Crippen LogP) is 3.84. The molecule has 3 nitrogen and oxygen atoms in total. The van der Waals surface area contributed by atoms with E-state index in [0.29, 0.717) is 6.42 Å². The monoisotopic (exact) mass is 292 g/mol. The molecular formula is C19H20N2O. The maximum Gasteiger partial charge on any atom is 0.224 e. The highest BCUT2D eigenvalue weighted by Crippen LogP contribution is 2.38. The minimum atomic E-state index is 0.124. The third kappa shape index (κ3) is 2.37. The van der Waals surface area contributed by atoms with Gasteiger partial charge in [0.05, 0.1) is 5.69 Å². The van der Waals surface area contributed by atoms with E-state index in [0.717, 1.165) is 30.8 Å². The molecule has 2 aliphatic rings. The number of amides is 1. The van der Waals surface area contributed by atoms with Gasteiger partial charge in [-0.15, -0.1) is 0 Å². The Morgan fingerprint density at radius 1 is 0.955 bits per heavy atom. The first kappa shape index (κ1) is 13.4. The van der Waals surface area contributed by atoms with E-state index in [1.54, 1.807) is 0 Å². The SMILES string of the molecule is O=C1CCc2cc(N3CCCC3)cc(-c3ccccc3)c2N1. The summed E-state index contributed by atoms with van der Waals surface area (Å²) in [7, 11) is 0. The van der Waals surface area contributed by atoms with Crippen molar-refractivity contribution in [1.82, 2.24) is 0 Å². The molecule has 2 heterocycles. The summed E-state index contributed by atoms with van der Waals surface area (Å²) in [5.41, 5.74) is 5.88. The number of anilines is 2. The molecule has 0 bridgehead atoms. The molecule has 0 radical (unpaired) electrons. The van der Waals surface area contributed by atoms with E-state index in [-0.39, 0.29) is 5.91 Å². The number of rotatable bonds is 2. The Balaban J connectivity index is 1.86. The van der Waals surface area contributed by atoms with Gasteiger partial charge in [-0.2, -0.15) is 0 Å². The quantitative estimate of drug-likeness (QED) is 0.912. The van der Waals surface area contributed by atoms with Gasteiger partial charge in [-0.3, -0.25) is 4.79 Å². The minimum Gasteiger partial charge on any atom is -0.372 e. The Hall–Kier alpha value is -2.29. The maximum absolute atomic E-state index is 11.8. The molecule has 2 aromatic carbocycles. The fraction of sp³-hybridized carbons (Fsp3) is 0.316. The number of carbonyl (C=O) groups is 1. The molecule has 112 valence electrons. The standard InChI is InChI=1S/C19H20N2O/c22-18-9-8-15-12-16(21-10-4-5-11-21)13-17(19(15)20-18)14-6-2-1-3-7-14/h1-3,6-7,12-13H,4-5,8-11H2,(H,20,22). The molecule has 3 heteroatoms. The van der Waals surface area contributed by atoms with Crippen LogP contribution in [0.1, 0.15) is 24.8 Å². The van der Waals surface area contributed by atoms with E-state index in [1.165, 1.54) is 29.7 Å². The average molecular weight is 292 g/mol. The molecule has 22 heavy (non-hydrogen) atoms. The summed E-state index contributed by atoms with van der Waals surface area (Å²) >= 11 is 0. The predicted molar refractivity (Wildman–Crippen MR) is 90.3 cm³/mol. The van der Waals surface area contributed by atoms with Gasteiger partial charge in [-0.05, 0) is 42.5 Å². The van der Waals surface area contributed by atoms with E-state index < -0.39 is 0 Å². The Kier molecular flexibility index (Phi) is 3.34. The number of carbonyl (C=O) groups excluding carboxylic acids is 1. The Bertz CT molecular complexity index is 703. The van der Waals surface area contributed by atoms with Crippen molar-refractivity contribution < 1.29 is 4.79 Å². The van der Waals surface area contributed by atoms with Crippen molar-refractivity contribution in [3.05, 3.63) is 48.0 Å². The van der Waals surface area contributed by atoms with Gasteiger partial charge in [0.2, 0.25) is 5.91 Å². The lowest BCUT2D eigenvalue weighted by Gasteiger charge is -2.25. The fourth-order valence-electron chi connectivity index (χ4n) is 3.48. The zero-order valence-corrected chi connectivity index (χ0v) is 12.6. The molecule has 1 saturated heterocycles. The van der Waals surface area contributed by atoms with Crippen LogP contribution in [0.2, 0.25) is 0 Å². The Morgan fingerprint density at radius 3 is 2.50 bits per heavy atom. The van der Waals surface area contributed by atoms with E-state index in [1.807, 2.05) is 6.07 Å². The van der Waals surface area contributed by atoms with Crippen LogP contribution in [-0.4, -0.2) is 19.0 Å². The van der Waals surface area contributed by atoms with Crippen molar-refractivity contribution in [2.45, 2.75) is 25.7 Å². The van der Waals surface area contributed by atoms with Crippen LogP contribution in [0.25, 0.3) is 11.1 Å². The lowest BCUT2D eigenvalue weighted by Crippen LogP contribution is -2.22. The molecule has 1 fully saturated rings. The molecule has 1 amide bonds. The van der Waals surface area contributed by atoms with E-state index in [2.05, 4.69) is 46.6 Å². The van der Waals surface area contributed by atoms with Gasteiger partial charge in [0.1, 0.15) is 0 Å². The first-order valence-electron chi connectivity index (χ1n) is 8.08. The first-order valence-corrected chi connectivity index (χ1v) is 8.08. The second-order valence-corrected chi connectivity index (χ2v) is 6.14. The van der Waals surface area contributed by atoms with E-state index in [9.17, 15) is 4.79 Å². The lowest BCUT2D eigenvalue weighted by atomic mass is 9.94. The second kappa shape index (κ2) is 5.48.